The van der Waals surface area contributed by atoms with Crippen molar-refractivity contribution in [3.05, 3.63) is 47.2 Å². The third-order valence-corrected chi connectivity index (χ3v) is 5.08. The van der Waals surface area contributed by atoms with Crippen molar-refractivity contribution in [1.82, 2.24) is 14.8 Å². The fourth-order valence-corrected chi connectivity index (χ4v) is 3.28. The molecule has 1 N–H and O–H groups in total. The molecule has 2 aromatic heterocycles. The zero-order chi connectivity index (χ0) is 21.0. The molecular formula is C19H19ClN4O4S. The molecule has 2 heterocycles. The van der Waals surface area contributed by atoms with Gasteiger partial charge >= 0.3 is 5.97 Å². The number of hydrogen-bond acceptors (Lipinski definition) is 7. The molecule has 1 aromatic carbocycles. The second-order valence-electron chi connectivity index (χ2n) is 6.33. The third-order valence-electron chi connectivity index (χ3n) is 3.73. The minimum Gasteiger partial charge on any atom is -0.461 e. The van der Waals surface area contributed by atoms with Gasteiger partial charge in [0.05, 0.1) is 34.4 Å². The van der Waals surface area contributed by atoms with Gasteiger partial charge in [-0.15, -0.1) is 10.2 Å². The second-order valence-corrected chi connectivity index (χ2v) is 7.68. The first kappa shape index (κ1) is 20.9. The first-order valence-electron chi connectivity index (χ1n) is 8.71. The predicted octanol–water partition coefficient (Wildman–Crippen LogP) is 4.02. The maximum Gasteiger partial charge on any atom is 0.338 e. The van der Waals surface area contributed by atoms with Crippen LogP contribution >= 0.6 is 23.4 Å². The van der Waals surface area contributed by atoms with E-state index >= 15 is 0 Å². The van der Waals surface area contributed by atoms with Crippen molar-refractivity contribution in [2.24, 2.45) is 7.05 Å². The van der Waals surface area contributed by atoms with E-state index in [0.717, 1.165) is 0 Å². The number of ether oxygens (including phenoxy) is 1. The molecule has 10 heteroatoms. The lowest BCUT2D eigenvalue weighted by molar-refractivity contribution is -0.113. The van der Waals surface area contributed by atoms with Crippen LogP contribution in [0.1, 0.15) is 24.2 Å². The Morgan fingerprint density at radius 3 is 2.79 bits per heavy atom. The van der Waals surface area contributed by atoms with Crippen LogP contribution in [0, 0.1) is 0 Å². The highest BCUT2D eigenvalue weighted by molar-refractivity contribution is 7.99. The molecule has 1 amide bonds. The van der Waals surface area contributed by atoms with Crippen LogP contribution in [-0.4, -0.2) is 38.5 Å². The lowest BCUT2D eigenvalue weighted by Crippen LogP contribution is -2.16. The summed E-state index contributed by atoms with van der Waals surface area (Å²) in [7, 11) is 1.79. The van der Waals surface area contributed by atoms with Gasteiger partial charge in [-0.25, -0.2) is 4.79 Å². The summed E-state index contributed by atoms with van der Waals surface area (Å²) in [5, 5.41) is 11.8. The monoisotopic (exact) mass is 434 g/mol. The van der Waals surface area contributed by atoms with Crippen LogP contribution in [0.4, 0.5) is 5.69 Å². The first-order valence-corrected chi connectivity index (χ1v) is 10.1. The Bertz CT molecular complexity index is 1020. The van der Waals surface area contributed by atoms with Gasteiger partial charge in [0, 0.05) is 7.05 Å². The quantitative estimate of drug-likeness (QED) is 0.442. The van der Waals surface area contributed by atoms with Crippen LogP contribution < -0.4 is 5.32 Å². The normalized spacial score (nSPS) is 10.9. The maximum absolute atomic E-state index is 12.4. The summed E-state index contributed by atoms with van der Waals surface area (Å²) < 4.78 is 12.2. The fourth-order valence-electron chi connectivity index (χ4n) is 2.41. The molecule has 3 aromatic rings. The van der Waals surface area contributed by atoms with Crippen LogP contribution in [0.5, 0.6) is 0 Å². The summed E-state index contributed by atoms with van der Waals surface area (Å²) in [6.45, 7) is 3.52. The molecule has 0 radical (unpaired) electrons. The SMILES string of the molecule is CC(C)OC(=O)c1ccc(Cl)c(NC(=O)CSc2nnc(-c3ccco3)n2C)c1. The maximum atomic E-state index is 12.4. The summed E-state index contributed by atoms with van der Waals surface area (Å²) in [4.78, 5) is 24.4. The topological polar surface area (TPSA) is 99.2 Å². The van der Waals surface area contributed by atoms with E-state index in [1.165, 1.54) is 17.8 Å². The molecule has 8 nitrogen and oxygen atoms in total. The molecule has 29 heavy (non-hydrogen) atoms. The van der Waals surface area contributed by atoms with Gasteiger partial charge < -0.3 is 19.0 Å². The molecule has 0 spiro atoms. The highest BCUT2D eigenvalue weighted by atomic mass is 35.5. The minimum absolute atomic E-state index is 0.0844. The van der Waals surface area contributed by atoms with E-state index in [1.807, 2.05) is 0 Å². The highest BCUT2D eigenvalue weighted by Gasteiger charge is 2.16. The number of benzene rings is 1. The Morgan fingerprint density at radius 2 is 2.10 bits per heavy atom. The molecule has 0 bridgehead atoms. The van der Waals surface area contributed by atoms with E-state index < -0.39 is 5.97 Å². The van der Waals surface area contributed by atoms with Crippen molar-refractivity contribution in [1.29, 1.82) is 0 Å². The molecule has 0 aliphatic heterocycles. The number of amides is 1. The number of thioether (sulfide) groups is 1. The number of furan rings is 1. The number of halogens is 1. The van der Waals surface area contributed by atoms with Crippen molar-refractivity contribution in [3.63, 3.8) is 0 Å². The second kappa shape index (κ2) is 9.15. The largest absolute Gasteiger partial charge is 0.461 e. The molecule has 3 rings (SSSR count). The van der Waals surface area contributed by atoms with Crippen LogP contribution in [-0.2, 0) is 16.6 Å². The molecule has 0 aliphatic carbocycles. The average molecular weight is 435 g/mol. The van der Waals surface area contributed by atoms with Gasteiger partial charge in [0.15, 0.2) is 16.7 Å². The minimum atomic E-state index is -0.480. The molecule has 0 unspecified atom stereocenters. The van der Waals surface area contributed by atoms with Gasteiger partial charge in [-0.2, -0.15) is 0 Å². The Kier molecular flexibility index (Phi) is 6.60. The van der Waals surface area contributed by atoms with Crippen LogP contribution in [0.15, 0.2) is 46.2 Å². The zero-order valence-corrected chi connectivity index (χ0v) is 17.6. The lowest BCUT2D eigenvalue weighted by atomic mass is 10.2. The van der Waals surface area contributed by atoms with Crippen molar-refractivity contribution < 1.29 is 18.7 Å². The lowest BCUT2D eigenvalue weighted by Gasteiger charge is -2.11. The highest BCUT2D eigenvalue weighted by Crippen LogP contribution is 2.26. The van der Waals surface area contributed by atoms with E-state index in [2.05, 4.69) is 15.5 Å². The fraction of sp³-hybridized carbons (Fsp3) is 0.263. The van der Waals surface area contributed by atoms with E-state index in [0.29, 0.717) is 33.0 Å². The van der Waals surface area contributed by atoms with Gasteiger partial charge in [0.25, 0.3) is 0 Å². The number of esters is 1. The summed E-state index contributed by atoms with van der Waals surface area (Å²) in [5.74, 6) is 0.464. The van der Waals surface area contributed by atoms with Gasteiger partial charge in [-0.1, -0.05) is 23.4 Å². The molecule has 152 valence electrons. The number of carbonyl (C=O) groups is 2. The summed E-state index contributed by atoms with van der Waals surface area (Å²) in [6.07, 6.45) is 1.31. The number of carbonyl (C=O) groups excluding carboxylic acids is 2. The van der Waals surface area contributed by atoms with E-state index in [4.69, 9.17) is 20.8 Å². The van der Waals surface area contributed by atoms with E-state index in [9.17, 15) is 9.59 Å². The number of anilines is 1. The van der Waals surface area contributed by atoms with Gasteiger partial charge in [-0.05, 0) is 44.2 Å². The molecule has 0 aliphatic rings. The first-order chi connectivity index (χ1) is 13.8. The molecule has 0 fully saturated rings. The van der Waals surface area contributed by atoms with Crippen LogP contribution in [0.3, 0.4) is 0 Å². The zero-order valence-electron chi connectivity index (χ0n) is 16.0. The number of nitrogens with zero attached hydrogens (tertiary/aromatic N) is 3. The summed E-state index contributed by atoms with van der Waals surface area (Å²) in [6, 6.07) is 8.13. The average Bonchev–Trinajstić information content (AvgIpc) is 3.31. The van der Waals surface area contributed by atoms with Crippen molar-refractivity contribution in [2.45, 2.75) is 25.1 Å². The predicted molar refractivity (Wildman–Crippen MR) is 110 cm³/mol. The smallest absolute Gasteiger partial charge is 0.338 e. The van der Waals surface area contributed by atoms with Gasteiger partial charge in [-0.3, -0.25) is 4.79 Å². The van der Waals surface area contributed by atoms with Crippen molar-refractivity contribution in [3.8, 4) is 11.6 Å². The molecule has 0 saturated carbocycles. The van der Waals surface area contributed by atoms with Crippen LogP contribution in [0.2, 0.25) is 5.02 Å². The summed E-state index contributed by atoms with van der Waals surface area (Å²) >= 11 is 7.36. The van der Waals surface area contributed by atoms with E-state index in [1.54, 1.807) is 56.0 Å². The standard InChI is InChI=1S/C19H19ClN4O4S/c1-11(2)28-18(26)12-6-7-13(20)14(9-12)21-16(25)10-29-19-23-22-17(24(19)3)15-5-4-8-27-15/h4-9,11H,10H2,1-3H3,(H,21,25). The number of hydrogen-bond donors (Lipinski definition) is 1. The Balaban J connectivity index is 1.63. The Morgan fingerprint density at radius 1 is 1.31 bits per heavy atom. The summed E-state index contributed by atoms with van der Waals surface area (Å²) in [5.41, 5.74) is 0.646. The molecule has 0 atom stereocenters. The van der Waals surface area contributed by atoms with Crippen molar-refractivity contribution in [2.75, 3.05) is 11.1 Å². The number of aromatic nitrogens is 3. The number of rotatable bonds is 7. The van der Waals surface area contributed by atoms with Crippen molar-refractivity contribution >= 4 is 40.9 Å². The molecular weight excluding hydrogens is 416 g/mol. The molecule has 0 saturated heterocycles. The van der Waals surface area contributed by atoms with Gasteiger partial charge in [0.2, 0.25) is 5.91 Å². The van der Waals surface area contributed by atoms with E-state index in [-0.39, 0.29) is 17.8 Å². The Hall–Kier alpha value is -2.78. The Labute approximate surface area is 176 Å². The number of nitrogens with one attached hydrogen (secondary N) is 1. The third kappa shape index (κ3) is 5.18. The van der Waals surface area contributed by atoms with Gasteiger partial charge in [0.1, 0.15) is 0 Å². The van der Waals surface area contributed by atoms with Crippen LogP contribution in [0.25, 0.3) is 11.6 Å².